The van der Waals surface area contributed by atoms with E-state index in [0.717, 1.165) is 12.5 Å². The topological polar surface area (TPSA) is 69.5 Å². The van der Waals surface area contributed by atoms with Crippen molar-refractivity contribution >= 4 is 17.6 Å². The van der Waals surface area contributed by atoms with E-state index in [4.69, 9.17) is 4.74 Å². The average Bonchev–Trinajstić information content (AvgIpc) is 3.17. The Morgan fingerprint density at radius 1 is 1.40 bits per heavy atom. The fraction of sp³-hybridized carbons (Fsp3) is 0.667. The van der Waals surface area contributed by atoms with Crippen LogP contribution < -0.4 is 9.80 Å². The first-order valence-electron chi connectivity index (χ1n) is 10.4. The molecule has 1 aromatic rings. The molecular weight excluding hydrogens is 397 g/mol. The fourth-order valence-corrected chi connectivity index (χ4v) is 4.98. The van der Waals surface area contributed by atoms with Crippen molar-refractivity contribution in [3.8, 4) is 6.07 Å². The Labute approximate surface area is 173 Å². The van der Waals surface area contributed by atoms with Crippen LogP contribution in [0.1, 0.15) is 38.3 Å². The molecule has 0 amide bonds. The number of pyridine rings is 1. The molecule has 1 aromatic heterocycles. The van der Waals surface area contributed by atoms with Gasteiger partial charge in [-0.2, -0.15) is 18.4 Å². The quantitative estimate of drug-likeness (QED) is 0.677. The predicted molar refractivity (Wildman–Crippen MR) is 104 cm³/mol. The summed E-state index contributed by atoms with van der Waals surface area (Å²) in [5.41, 5.74) is -1.34. The maximum Gasteiger partial charge on any atom is 0.417 e. The van der Waals surface area contributed by atoms with E-state index in [-0.39, 0.29) is 47.3 Å². The second-order valence-corrected chi connectivity index (χ2v) is 8.52. The number of carbonyl (C=O) groups is 1. The van der Waals surface area contributed by atoms with Gasteiger partial charge in [0.1, 0.15) is 23.3 Å². The summed E-state index contributed by atoms with van der Waals surface area (Å²) in [4.78, 5) is 20.1. The highest BCUT2D eigenvalue weighted by Crippen LogP contribution is 2.56. The lowest BCUT2D eigenvalue weighted by Gasteiger charge is -2.41. The molecule has 162 valence electrons. The number of piperidine rings is 1. The van der Waals surface area contributed by atoms with Crippen molar-refractivity contribution in [1.82, 2.24) is 4.98 Å². The number of hydrogen-bond donors (Lipinski definition) is 0. The van der Waals surface area contributed by atoms with Crippen LogP contribution >= 0.6 is 0 Å². The normalized spacial score (nSPS) is 28.4. The lowest BCUT2D eigenvalue weighted by molar-refractivity contribution is -0.148. The number of hydrogen-bond acceptors (Lipinski definition) is 6. The molecule has 0 bridgehead atoms. The summed E-state index contributed by atoms with van der Waals surface area (Å²) < 4.78 is 46.2. The van der Waals surface area contributed by atoms with Crippen LogP contribution in [-0.4, -0.2) is 43.2 Å². The van der Waals surface area contributed by atoms with Crippen molar-refractivity contribution in [2.75, 3.05) is 36.0 Å². The Balaban J connectivity index is 1.58. The van der Waals surface area contributed by atoms with Gasteiger partial charge < -0.3 is 14.5 Å². The van der Waals surface area contributed by atoms with Gasteiger partial charge >= 0.3 is 12.1 Å². The lowest BCUT2D eigenvalue weighted by Crippen LogP contribution is -2.47. The lowest BCUT2D eigenvalue weighted by atomic mass is 10.0. The van der Waals surface area contributed by atoms with Crippen LogP contribution in [0.5, 0.6) is 0 Å². The van der Waals surface area contributed by atoms with Crippen molar-refractivity contribution in [2.24, 2.45) is 23.7 Å². The Morgan fingerprint density at radius 2 is 2.07 bits per heavy atom. The van der Waals surface area contributed by atoms with Crippen molar-refractivity contribution in [3.05, 3.63) is 17.2 Å². The zero-order valence-electron chi connectivity index (χ0n) is 17.2. The molecular formula is C21H25F3N4O2. The van der Waals surface area contributed by atoms with Crippen LogP contribution in [0.2, 0.25) is 0 Å². The van der Waals surface area contributed by atoms with E-state index in [1.165, 1.54) is 0 Å². The predicted octanol–water partition coefficient (Wildman–Crippen LogP) is 3.45. The maximum atomic E-state index is 13.7. The van der Waals surface area contributed by atoms with E-state index in [2.05, 4.69) is 4.98 Å². The molecule has 6 nitrogen and oxygen atoms in total. The van der Waals surface area contributed by atoms with Gasteiger partial charge in [-0.15, -0.1) is 0 Å². The van der Waals surface area contributed by atoms with Gasteiger partial charge in [-0.1, -0.05) is 6.92 Å². The summed E-state index contributed by atoms with van der Waals surface area (Å²) in [5.74, 6) is 0.664. The molecule has 4 rings (SSSR count). The summed E-state index contributed by atoms with van der Waals surface area (Å²) in [5, 5.41) is 9.44. The molecule has 3 fully saturated rings. The molecule has 1 aliphatic carbocycles. The molecule has 5 atom stereocenters. The highest BCUT2D eigenvalue weighted by atomic mass is 19.4. The molecule has 2 aliphatic heterocycles. The van der Waals surface area contributed by atoms with Crippen LogP contribution in [0.3, 0.4) is 0 Å². The van der Waals surface area contributed by atoms with Crippen LogP contribution in [0.15, 0.2) is 6.07 Å². The summed E-state index contributed by atoms with van der Waals surface area (Å²) in [6.07, 6.45) is -3.77. The Kier molecular flexibility index (Phi) is 5.07. The average molecular weight is 422 g/mol. The molecule has 3 heterocycles. The van der Waals surface area contributed by atoms with Crippen LogP contribution in [0, 0.1) is 35.0 Å². The number of carbonyl (C=O) groups excluding carboxylic acids is 1. The van der Waals surface area contributed by atoms with Gasteiger partial charge in [0.2, 0.25) is 0 Å². The Bertz CT molecular complexity index is 885. The summed E-state index contributed by atoms with van der Waals surface area (Å²) in [6.45, 7) is 7.59. The SMILES string of the molecule is CCOC(=O)[C@@H](C)[C@H]1[C@@H]2CN(c3cc(C(F)(F)F)c(C#N)c(N4CC[C@@H]4C)n3)C[C@@H]21. The summed E-state index contributed by atoms with van der Waals surface area (Å²) >= 11 is 0. The zero-order chi connectivity index (χ0) is 21.8. The number of alkyl halides is 3. The Morgan fingerprint density at radius 3 is 2.53 bits per heavy atom. The number of nitriles is 1. The number of aromatic nitrogens is 1. The van der Waals surface area contributed by atoms with E-state index < -0.39 is 17.3 Å². The van der Waals surface area contributed by atoms with Crippen LogP contribution in [0.4, 0.5) is 24.8 Å². The standard InChI is InChI=1S/C21H25F3N4O2/c1-4-30-20(29)12(3)18-14-9-27(10-15(14)18)17-7-16(21(22,23)24)13(8-25)19(26-17)28-6-5-11(28)2/h7,11-12,14-15,18H,4-6,9-10H2,1-3H3/t11-,12-,14-,15+,18+/m0/s1. The van der Waals surface area contributed by atoms with Crippen molar-refractivity contribution in [3.63, 3.8) is 0 Å². The van der Waals surface area contributed by atoms with Crippen molar-refractivity contribution in [1.29, 1.82) is 5.26 Å². The maximum absolute atomic E-state index is 13.7. The minimum Gasteiger partial charge on any atom is -0.466 e. The number of rotatable bonds is 5. The van der Waals surface area contributed by atoms with Crippen LogP contribution in [-0.2, 0) is 15.7 Å². The zero-order valence-corrected chi connectivity index (χ0v) is 17.2. The van der Waals surface area contributed by atoms with Gasteiger partial charge in [-0.3, -0.25) is 4.79 Å². The third kappa shape index (κ3) is 3.36. The summed E-state index contributed by atoms with van der Waals surface area (Å²) in [6, 6.07) is 2.79. The minimum atomic E-state index is -4.63. The highest BCUT2D eigenvalue weighted by Gasteiger charge is 2.59. The molecule has 0 N–H and O–H groups in total. The first-order valence-corrected chi connectivity index (χ1v) is 10.4. The monoisotopic (exact) mass is 422 g/mol. The first-order chi connectivity index (χ1) is 14.2. The van der Waals surface area contributed by atoms with Gasteiger partial charge in [-0.05, 0) is 44.1 Å². The second-order valence-electron chi connectivity index (χ2n) is 8.52. The molecule has 1 saturated carbocycles. The van der Waals surface area contributed by atoms with Crippen LogP contribution in [0.25, 0.3) is 0 Å². The highest BCUT2D eigenvalue weighted by molar-refractivity contribution is 5.73. The minimum absolute atomic E-state index is 0.0581. The van der Waals surface area contributed by atoms with Gasteiger partial charge in [0.25, 0.3) is 0 Å². The molecule has 0 radical (unpaired) electrons. The molecule has 0 spiro atoms. The van der Waals surface area contributed by atoms with Gasteiger partial charge in [0.05, 0.1) is 18.1 Å². The number of fused-ring (bicyclic) bond motifs is 1. The first kappa shape index (κ1) is 20.8. The van der Waals surface area contributed by atoms with E-state index >= 15 is 0 Å². The number of ether oxygens (including phenoxy) is 1. The molecule has 0 unspecified atom stereocenters. The van der Waals surface area contributed by atoms with E-state index in [1.807, 2.05) is 18.7 Å². The van der Waals surface area contributed by atoms with Crippen molar-refractivity contribution < 1.29 is 22.7 Å². The fourth-order valence-electron chi connectivity index (χ4n) is 4.98. The number of esters is 1. The molecule has 0 aromatic carbocycles. The van der Waals surface area contributed by atoms with E-state index in [9.17, 15) is 23.2 Å². The third-order valence-electron chi connectivity index (χ3n) is 6.82. The van der Waals surface area contributed by atoms with Gasteiger partial charge in [-0.25, -0.2) is 4.98 Å². The van der Waals surface area contributed by atoms with E-state index in [1.54, 1.807) is 17.9 Å². The Hall–Kier alpha value is -2.50. The number of nitrogens with zero attached hydrogens (tertiary/aromatic N) is 4. The van der Waals surface area contributed by atoms with Crippen molar-refractivity contribution in [2.45, 2.75) is 39.4 Å². The number of anilines is 2. The molecule has 3 aliphatic rings. The largest absolute Gasteiger partial charge is 0.466 e. The third-order valence-corrected chi connectivity index (χ3v) is 6.82. The smallest absolute Gasteiger partial charge is 0.417 e. The summed E-state index contributed by atoms with van der Waals surface area (Å²) in [7, 11) is 0. The van der Waals surface area contributed by atoms with Gasteiger partial charge in [0.15, 0.2) is 0 Å². The molecule has 2 saturated heterocycles. The molecule has 30 heavy (non-hydrogen) atoms. The second kappa shape index (κ2) is 7.33. The number of halogens is 3. The van der Waals surface area contributed by atoms with Gasteiger partial charge in [0, 0.05) is 25.7 Å². The molecule has 9 heteroatoms. The van der Waals surface area contributed by atoms with E-state index in [0.29, 0.717) is 26.2 Å².